The Bertz CT molecular complexity index is 621. The molecule has 0 saturated heterocycles. The van der Waals surface area contributed by atoms with E-state index in [4.69, 9.17) is 5.11 Å². The van der Waals surface area contributed by atoms with Crippen molar-refractivity contribution in [2.24, 2.45) is 5.41 Å². The van der Waals surface area contributed by atoms with Gasteiger partial charge in [-0.1, -0.05) is 26.8 Å². The van der Waals surface area contributed by atoms with E-state index in [1.165, 1.54) is 12.4 Å². The Morgan fingerprint density at radius 1 is 1.27 bits per heavy atom. The van der Waals surface area contributed by atoms with Gasteiger partial charge in [-0.25, -0.2) is 14.8 Å². The van der Waals surface area contributed by atoms with Crippen LogP contribution < -0.4 is 5.32 Å². The van der Waals surface area contributed by atoms with Crippen molar-refractivity contribution in [2.75, 3.05) is 5.32 Å². The number of hydrogen-bond acceptors (Lipinski definition) is 5. The molecule has 0 radical (unpaired) electrons. The summed E-state index contributed by atoms with van der Waals surface area (Å²) < 4.78 is 0. The largest absolute Gasteiger partial charge is 0.476 e. The van der Waals surface area contributed by atoms with Crippen LogP contribution in [-0.2, 0) is 0 Å². The summed E-state index contributed by atoms with van der Waals surface area (Å²) in [7, 11) is 0. The predicted molar refractivity (Wildman–Crippen MR) is 83.7 cm³/mol. The summed E-state index contributed by atoms with van der Waals surface area (Å²) in [6.45, 7) is 6.49. The van der Waals surface area contributed by atoms with E-state index in [1.54, 1.807) is 6.20 Å². The van der Waals surface area contributed by atoms with Crippen molar-refractivity contribution in [3.63, 3.8) is 0 Å². The quantitative estimate of drug-likeness (QED) is 0.881. The zero-order chi connectivity index (χ0) is 16.2. The molecule has 0 amide bonds. The number of pyridine rings is 1. The molecule has 22 heavy (non-hydrogen) atoms. The van der Waals surface area contributed by atoms with E-state index in [2.05, 4.69) is 41.0 Å². The lowest BCUT2D eigenvalue weighted by Crippen LogP contribution is -2.19. The summed E-state index contributed by atoms with van der Waals surface area (Å²) in [4.78, 5) is 23.0. The minimum absolute atomic E-state index is 0.0266. The van der Waals surface area contributed by atoms with Crippen LogP contribution >= 0.6 is 0 Å². The molecular weight excluding hydrogens is 280 g/mol. The first-order chi connectivity index (χ1) is 10.3. The highest BCUT2D eigenvalue weighted by molar-refractivity contribution is 5.84. The molecule has 116 valence electrons. The molecule has 0 aliphatic heterocycles. The van der Waals surface area contributed by atoms with Gasteiger partial charge in [0.25, 0.3) is 0 Å². The molecule has 0 saturated carbocycles. The first-order valence-electron chi connectivity index (χ1n) is 7.07. The molecule has 0 aromatic carbocycles. The summed E-state index contributed by atoms with van der Waals surface area (Å²) in [5.41, 5.74) is 1.10. The molecule has 2 aromatic heterocycles. The van der Waals surface area contributed by atoms with Gasteiger partial charge in [-0.3, -0.25) is 4.98 Å². The van der Waals surface area contributed by atoms with Crippen molar-refractivity contribution in [3.05, 3.63) is 48.2 Å². The number of carboxylic acid groups (broad SMARTS) is 1. The Hall–Kier alpha value is -2.50. The number of nitrogens with zero attached hydrogens (tertiary/aromatic N) is 3. The van der Waals surface area contributed by atoms with Crippen LogP contribution in [0.5, 0.6) is 0 Å². The van der Waals surface area contributed by atoms with Gasteiger partial charge in [0.1, 0.15) is 5.82 Å². The van der Waals surface area contributed by atoms with E-state index in [-0.39, 0.29) is 17.2 Å². The van der Waals surface area contributed by atoms with Crippen molar-refractivity contribution in [1.29, 1.82) is 0 Å². The van der Waals surface area contributed by atoms with Gasteiger partial charge in [0.05, 0.1) is 18.4 Å². The number of nitrogens with one attached hydrogen (secondary N) is 1. The van der Waals surface area contributed by atoms with Gasteiger partial charge in [0, 0.05) is 12.4 Å². The van der Waals surface area contributed by atoms with Crippen LogP contribution in [0.15, 0.2) is 36.9 Å². The second kappa shape index (κ2) is 6.51. The highest BCUT2D eigenvalue weighted by Crippen LogP contribution is 2.31. The second-order valence-electron chi connectivity index (χ2n) is 6.34. The lowest BCUT2D eigenvalue weighted by atomic mass is 9.86. The molecule has 6 heteroatoms. The monoisotopic (exact) mass is 300 g/mol. The van der Waals surface area contributed by atoms with E-state index in [9.17, 15) is 4.79 Å². The zero-order valence-corrected chi connectivity index (χ0v) is 12.9. The highest BCUT2D eigenvalue weighted by atomic mass is 16.4. The number of anilines is 1. The number of aromatic carboxylic acids is 1. The van der Waals surface area contributed by atoms with Gasteiger partial charge in [-0.2, -0.15) is 0 Å². The van der Waals surface area contributed by atoms with E-state index >= 15 is 0 Å². The maximum absolute atomic E-state index is 10.8. The second-order valence-corrected chi connectivity index (χ2v) is 6.34. The normalized spacial score (nSPS) is 12.7. The van der Waals surface area contributed by atoms with Crippen LogP contribution in [0.1, 0.15) is 49.3 Å². The lowest BCUT2D eigenvalue weighted by Gasteiger charge is -2.27. The van der Waals surface area contributed by atoms with Crippen LogP contribution in [0, 0.1) is 5.41 Å². The summed E-state index contributed by atoms with van der Waals surface area (Å²) in [6.07, 6.45) is 7.13. The van der Waals surface area contributed by atoms with Crippen molar-refractivity contribution < 1.29 is 9.90 Å². The summed E-state index contributed by atoms with van der Waals surface area (Å²) in [5.74, 6) is -0.541. The van der Waals surface area contributed by atoms with E-state index < -0.39 is 5.97 Å². The Morgan fingerprint density at radius 2 is 2.05 bits per heavy atom. The molecule has 1 unspecified atom stereocenters. The first kappa shape index (κ1) is 15.9. The van der Waals surface area contributed by atoms with Gasteiger partial charge < -0.3 is 10.4 Å². The SMILES string of the molecule is CC(C)(C)CC(Nc1cnc(C(=O)O)cn1)c1cccnc1. The third-order valence-electron chi connectivity index (χ3n) is 3.10. The standard InChI is InChI=1S/C16H20N4O2/c1-16(2,3)7-12(11-5-4-6-17-8-11)20-14-10-18-13(9-19-14)15(21)22/h4-6,8-10,12H,7H2,1-3H3,(H,19,20)(H,21,22). The average molecular weight is 300 g/mol. The Kier molecular flexibility index (Phi) is 4.70. The third kappa shape index (κ3) is 4.51. The molecule has 0 aliphatic rings. The minimum atomic E-state index is -1.09. The van der Waals surface area contributed by atoms with Crippen LogP contribution in [0.3, 0.4) is 0 Å². The topological polar surface area (TPSA) is 88.0 Å². The molecule has 2 N–H and O–H groups in total. The smallest absolute Gasteiger partial charge is 0.356 e. The fourth-order valence-electron chi connectivity index (χ4n) is 2.14. The van der Waals surface area contributed by atoms with E-state index in [0.29, 0.717) is 5.82 Å². The molecule has 0 fully saturated rings. The van der Waals surface area contributed by atoms with Crippen LogP contribution in [-0.4, -0.2) is 26.0 Å². The minimum Gasteiger partial charge on any atom is -0.476 e. The highest BCUT2D eigenvalue weighted by Gasteiger charge is 2.21. The van der Waals surface area contributed by atoms with E-state index in [0.717, 1.165) is 12.0 Å². The van der Waals surface area contributed by atoms with Gasteiger partial charge in [-0.05, 0) is 23.5 Å². The van der Waals surface area contributed by atoms with Crippen LogP contribution in [0.2, 0.25) is 0 Å². The Balaban J connectivity index is 2.21. The van der Waals surface area contributed by atoms with Crippen LogP contribution in [0.4, 0.5) is 5.82 Å². The third-order valence-corrected chi connectivity index (χ3v) is 3.10. The molecule has 6 nitrogen and oxygen atoms in total. The summed E-state index contributed by atoms with van der Waals surface area (Å²) in [6, 6.07) is 3.93. The number of aromatic nitrogens is 3. The van der Waals surface area contributed by atoms with Gasteiger partial charge in [-0.15, -0.1) is 0 Å². The average Bonchev–Trinajstić information content (AvgIpc) is 2.47. The zero-order valence-electron chi connectivity index (χ0n) is 12.9. The number of carboxylic acids is 1. The Morgan fingerprint density at radius 3 is 2.55 bits per heavy atom. The molecule has 2 aromatic rings. The molecule has 0 bridgehead atoms. The number of rotatable bonds is 5. The molecule has 0 aliphatic carbocycles. The summed E-state index contributed by atoms with van der Waals surface area (Å²) >= 11 is 0. The van der Waals surface area contributed by atoms with Gasteiger partial charge >= 0.3 is 5.97 Å². The molecule has 1 atom stereocenters. The van der Waals surface area contributed by atoms with E-state index in [1.807, 2.05) is 18.3 Å². The number of hydrogen-bond donors (Lipinski definition) is 2. The van der Waals surface area contributed by atoms with Crippen LogP contribution in [0.25, 0.3) is 0 Å². The fourth-order valence-corrected chi connectivity index (χ4v) is 2.14. The number of carbonyl (C=O) groups is 1. The van der Waals surface area contributed by atoms with Gasteiger partial charge in [0.15, 0.2) is 5.69 Å². The summed E-state index contributed by atoms with van der Waals surface area (Å²) in [5, 5.41) is 12.2. The maximum atomic E-state index is 10.8. The molecule has 2 heterocycles. The predicted octanol–water partition coefficient (Wildman–Crippen LogP) is 3.16. The lowest BCUT2D eigenvalue weighted by molar-refractivity contribution is 0.0690. The molecular formula is C16H20N4O2. The van der Waals surface area contributed by atoms with Crippen molar-refractivity contribution in [2.45, 2.75) is 33.2 Å². The molecule has 0 spiro atoms. The van der Waals surface area contributed by atoms with Crippen molar-refractivity contribution >= 4 is 11.8 Å². The van der Waals surface area contributed by atoms with Crippen molar-refractivity contribution in [3.8, 4) is 0 Å². The maximum Gasteiger partial charge on any atom is 0.356 e. The van der Waals surface area contributed by atoms with Gasteiger partial charge in [0.2, 0.25) is 0 Å². The Labute approximate surface area is 129 Å². The van der Waals surface area contributed by atoms with Crippen molar-refractivity contribution in [1.82, 2.24) is 15.0 Å². The molecule has 2 rings (SSSR count). The fraction of sp³-hybridized carbons (Fsp3) is 0.375. The first-order valence-corrected chi connectivity index (χ1v) is 7.07.